The third-order valence-electron chi connectivity index (χ3n) is 2.31. The van der Waals surface area contributed by atoms with Gasteiger partial charge >= 0.3 is 0 Å². The predicted octanol–water partition coefficient (Wildman–Crippen LogP) is 2.96. The van der Waals surface area contributed by atoms with E-state index in [-0.39, 0.29) is 0 Å². The van der Waals surface area contributed by atoms with E-state index in [0.29, 0.717) is 6.04 Å². The van der Waals surface area contributed by atoms with Crippen molar-refractivity contribution in [3.05, 3.63) is 34.3 Å². The Hall–Kier alpha value is -1.29. The van der Waals surface area contributed by atoms with Gasteiger partial charge in [-0.2, -0.15) is 0 Å². The van der Waals surface area contributed by atoms with Gasteiger partial charge in [-0.25, -0.2) is 4.98 Å². The summed E-state index contributed by atoms with van der Waals surface area (Å²) >= 11 is 1.76. The van der Waals surface area contributed by atoms with E-state index in [2.05, 4.69) is 34.7 Å². The molecular formula is C11H15N3S. The monoisotopic (exact) mass is 221 g/mol. The molecule has 2 aromatic heterocycles. The van der Waals surface area contributed by atoms with Gasteiger partial charge in [-0.05, 0) is 25.3 Å². The van der Waals surface area contributed by atoms with Gasteiger partial charge < -0.3 is 9.88 Å². The van der Waals surface area contributed by atoms with Crippen LogP contribution in [0.15, 0.2) is 23.7 Å². The van der Waals surface area contributed by atoms with Gasteiger partial charge in [0.1, 0.15) is 0 Å². The molecule has 1 atom stereocenters. The SMILES string of the molecule is Cc1cn(C)c(NC(C)c2cccs2)n1. The second-order valence-corrected chi connectivity index (χ2v) is 4.68. The van der Waals surface area contributed by atoms with E-state index in [1.807, 2.05) is 24.7 Å². The number of thiophene rings is 1. The van der Waals surface area contributed by atoms with Crippen molar-refractivity contribution in [1.82, 2.24) is 9.55 Å². The summed E-state index contributed by atoms with van der Waals surface area (Å²) in [6, 6.07) is 4.52. The van der Waals surface area contributed by atoms with Crippen LogP contribution in [0.5, 0.6) is 0 Å². The first-order valence-electron chi connectivity index (χ1n) is 4.96. The standard InChI is InChI=1S/C11H15N3S/c1-8-7-14(3)11(12-8)13-9(2)10-5-4-6-15-10/h4-7,9H,1-3H3,(H,12,13). The highest BCUT2D eigenvalue weighted by atomic mass is 32.1. The highest BCUT2D eigenvalue weighted by Crippen LogP contribution is 2.22. The van der Waals surface area contributed by atoms with Gasteiger partial charge in [0.15, 0.2) is 0 Å². The van der Waals surface area contributed by atoms with Crippen molar-refractivity contribution in [2.45, 2.75) is 19.9 Å². The number of hydrogen-bond acceptors (Lipinski definition) is 3. The van der Waals surface area contributed by atoms with E-state index in [4.69, 9.17) is 0 Å². The largest absolute Gasteiger partial charge is 0.348 e. The van der Waals surface area contributed by atoms with Crippen LogP contribution in [0.4, 0.5) is 5.95 Å². The molecule has 0 aliphatic rings. The molecule has 2 aromatic rings. The zero-order valence-electron chi connectivity index (χ0n) is 9.19. The molecule has 80 valence electrons. The highest BCUT2D eigenvalue weighted by molar-refractivity contribution is 7.10. The van der Waals surface area contributed by atoms with E-state index in [0.717, 1.165) is 11.6 Å². The Morgan fingerprint density at radius 3 is 2.87 bits per heavy atom. The fourth-order valence-corrected chi connectivity index (χ4v) is 2.29. The summed E-state index contributed by atoms with van der Waals surface area (Å²) in [4.78, 5) is 5.75. The summed E-state index contributed by atoms with van der Waals surface area (Å²) in [5, 5.41) is 5.49. The van der Waals surface area contributed by atoms with E-state index < -0.39 is 0 Å². The lowest BCUT2D eigenvalue weighted by molar-refractivity contribution is 0.835. The quantitative estimate of drug-likeness (QED) is 0.863. The van der Waals surface area contributed by atoms with E-state index in [1.54, 1.807) is 11.3 Å². The molecule has 2 rings (SSSR count). The van der Waals surface area contributed by atoms with Crippen molar-refractivity contribution >= 4 is 17.3 Å². The van der Waals surface area contributed by atoms with E-state index in [9.17, 15) is 0 Å². The summed E-state index contributed by atoms with van der Waals surface area (Å²) in [5.41, 5.74) is 1.04. The van der Waals surface area contributed by atoms with Gasteiger partial charge in [0.25, 0.3) is 0 Å². The number of aryl methyl sites for hydroxylation is 2. The number of nitrogens with zero attached hydrogens (tertiary/aromatic N) is 2. The number of hydrogen-bond donors (Lipinski definition) is 1. The topological polar surface area (TPSA) is 29.9 Å². The van der Waals surface area contributed by atoms with Crippen LogP contribution in [0.2, 0.25) is 0 Å². The van der Waals surface area contributed by atoms with Gasteiger partial charge in [-0.1, -0.05) is 6.07 Å². The Morgan fingerprint density at radius 1 is 1.53 bits per heavy atom. The first-order valence-corrected chi connectivity index (χ1v) is 5.84. The third-order valence-corrected chi connectivity index (χ3v) is 3.37. The van der Waals surface area contributed by atoms with Crippen molar-refractivity contribution in [3.63, 3.8) is 0 Å². The maximum absolute atomic E-state index is 4.42. The molecule has 0 saturated heterocycles. The summed E-state index contributed by atoms with van der Waals surface area (Å²) in [6.07, 6.45) is 2.02. The number of rotatable bonds is 3. The second-order valence-electron chi connectivity index (χ2n) is 3.70. The predicted molar refractivity (Wildman–Crippen MR) is 64.3 cm³/mol. The van der Waals surface area contributed by atoms with Crippen LogP contribution in [-0.4, -0.2) is 9.55 Å². The molecular weight excluding hydrogens is 206 g/mol. The molecule has 15 heavy (non-hydrogen) atoms. The normalized spacial score (nSPS) is 12.7. The molecule has 0 spiro atoms. The minimum absolute atomic E-state index is 0.311. The van der Waals surface area contributed by atoms with Crippen LogP contribution in [-0.2, 0) is 7.05 Å². The maximum atomic E-state index is 4.42. The van der Waals surface area contributed by atoms with E-state index >= 15 is 0 Å². The van der Waals surface area contributed by atoms with Crippen molar-refractivity contribution in [2.24, 2.45) is 7.05 Å². The zero-order valence-corrected chi connectivity index (χ0v) is 10.0. The molecule has 4 heteroatoms. The van der Waals surface area contributed by atoms with Crippen molar-refractivity contribution in [1.29, 1.82) is 0 Å². The zero-order chi connectivity index (χ0) is 10.8. The van der Waals surface area contributed by atoms with Crippen LogP contribution in [0.1, 0.15) is 23.5 Å². The number of nitrogens with one attached hydrogen (secondary N) is 1. The lowest BCUT2D eigenvalue weighted by Gasteiger charge is -2.12. The minimum atomic E-state index is 0.311. The fraction of sp³-hybridized carbons (Fsp3) is 0.364. The lowest BCUT2D eigenvalue weighted by Crippen LogP contribution is -2.08. The molecule has 0 bridgehead atoms. The minimum Gasteiger partial charge on any atom is -0.348 e. The molecule has 3 nitrogen and oxygen atoms in total. The van der Waals surface area contributed by atoms with Crippen LogP contribution in [0.25, 0.3) is 0 Å². The summed E-state index contributed by atoms with van der Waals surface area (Å²) in [6.45, 7) is 4.15. The maximum Gasteiger partial charge on any atom is 0.203 e. The Balaban J connectivity index is 2.12. The molecule has 0 aliphatic carbocycles. The molecule has 0 aliphatic heterocycles. The van der Waals surface area contributed by atoms with Gasteiger partial charge in [0, 0.05) is 18.1 Å². The number of imidazole rings is 1. The third kappa shape index (κ3) is 2.21. The molecule has 2 heterocycles. The Bertz CT molecular complexity index is 431. The summed E-state index contributed by atoms with van der Waals surface area (Å²) < 4.78 is 2.01. The average Bonchev–Trinajstić information content (AvgIpc) is 2.76. The fourth-order valence-electron chi connectivity index (χ4n) is 1.55. The number of aromatic nitrogens is 2. The van der Waals surface area contributed by atoms with Gasteiger partial charge in [-0.3, -0.25) is 0 Å². The van der Waals surface area contributed by atoms with Crippen LogP contribution in [0.3, 0.4) is 0 Å². The Kier molecular flexibility index (Phi) is 2.77. The summed E-state index contributed by atoms with van der Waals surface area (Å²) in [5.74, 6) is 0.924. The van der Waals surface area contributed by atoms with Crippen molar-refractivity contribution < 1.29 is 0 Å². The molecule has 1 unspecified atom stereocenters. The molecule has 0 saturated carbocycles. The van der Waals surface area contributed by atoms with Gasteiger partial charge in [0.05, 0.1) is 11.7 Å². The summed E-state index contributed by atoms with van der Waals surface area (Å²) in [7, 11) is 2.00. The first kappa shape index (κ1) is 10.2. The van der Waals surface area contributed by atoms with Crippen molar-refractivity contribution in [2.75, 3.05) is 5.32 Å². The molecule has 0 amide bonds. The molecule has 0 radical (unpaired) electrons. The highest BCUT2D eigenvalue weighted by Gasteiger charge is 2.09. The number of anilines is 1. The lowest BCUT2D eigenvalue weighted by atomic mass is 10.3. The Labute approximate surface area is 93.8 Å². The first-order chi connectivity index (χ1) is 7.16. The van der Waals surface area contributed by atoms with Crippen LogP contribution in [0, 0.1) is 6.92 Å². The van der Waals surface area contributed by atoms with E-state index in [1.165, 1.54) is 4.88 Å². The average molecular weight is 221 g/mol. The van der Waals surface area contributed by atoms with Crippen LogP contribution < -0.4 is 5.32 Å². The second kappa shape index (κ2) is 4.06. The molecule has 0 fully saturated rings. The molecule has 0 aromatic carbocycles. The molecule has 1 N–H and O–H groups in total. The van der Waals surface area contributed by atoms with Gasteiger partial charge in [-0.15, -0.1) is 11.3 Å². The van der Waals surface area contributed by atoms with Gasteiger partial charge in [0.2, 0.25) is 5.95 Å². The smallest absolute Gasteiger partial charge is 0.203 e. The van der Waals surface area contributed by atoms with Crippen LogP contribution >= 0.6 is 11.3 Å². The van der Waals surface area contributed by atoms with Crippen molar-refractivity contribution in [3.8, 4) is 0 Å². The Morgan fingerprint density at radius 2 is 2.33 bits per heavy atom.